The van der Waals surface area contributed by atoms with Gasteiger partial charge in [-0.3, -0.25) is 0 Å². The number of fused-ring (bicyclic) bond motifs is 1. The lowest BCUT2D eigenvalue weighted by Gasteiger charge is -2.18. The Labute approximate surface area is 115 Å². The van der Waals surface area contributed by atoms with Crippen molar-refractivity contribution in [3.05, 3.63) is 52.7 Å². The minimum Gasteiger partial charge on any atom is -0.478 e. The van der Waals surface area contributed by atoms with Crippen LogP contribution in [-0.4, -0.2) is 22.6 Å². The Morgan fingerprint density at radius 2 is 2.11 bits per heavy atom. The molecule has 96 valence electrons. The molecule has 0 spiro atoms. The summed E-state index contributed by atoms with van der Waals surface area (Å²) in [5, 5.41) is 9.26. The molecule has 5 heteroatoms. The Hall–Kier alpha value is -2.07. The number of aromatic carboxylic acids is 1. The summed E-state index contributed by atoms with van der Waals surface area (Å²) in [7, 11) is 0. The minimum absolute atomic E-state index is 0.152. The first-order chi connectivity index (χ1) is 9.15. The molecule has 0 unspecified atom stereocenters. The van der Waals surface area contributed by atoms with Gasteiger partial charge in [0.1, 0.15) is 11.0 Å². The molecular weight excluding hydrogens is 264 g/mol. The van der Waals surface area contributed by atoms with Crippen molar-refractivity contribution in [2.24, 2.45) is 0 Å². The van der Waals surface area contributed by atoms with Gasteiger partial charge in [-0.2, -0.15) is 0 Å². The van der Waals surface area contributed by atoms with Gasteiger partial charge in [-0.15, -0.1) is 0 Å². The number of pyridine rings is 1. The van der Waals surface area contributed by atoms with Gasteiger partial charge in [-0.1, -0.05) is 29.8 Å². The third-order valence-corrected chi connectivity index (χ3v) is 3.38. The molecule has 3 rings (SSSR count). The fourth-order valence-corrected chi connectivity index (χ4v) is 2.53. The van der Waals surface area contributed by atoms with Crippen LogP contribution in [0.4, 0.5) is 11.5 Å². The van der Waals surface area contributed by atoms with Gasteiger partial charge in [0, 0.05) is 12.2 Å². The van der Waals surface area contributed by atoms with Gasteiger partial charge in [-0.25, -0.2) is 9.78 Å². The number of carboxylic acids is 1. The zero-order valence-corrected chi connectivity index (χ0v) is 10.8. The molecule has 2 heterocycles. The van der Waals surface area contributed by atoms with Crippen LogP contribution in [0.5, 0.6) is 0 Å². The first-order valence-electron chi connectivity index (χ1n) is 5.91. The van der Waals surface area contributed by atoms with E-state index in [9.17, 15) is 4.79 Å². The third-order valence-electron chi connectivity index (χ3n) is 3.19. The molecular formula is C14H11ClN2O2. The van der Waals surface area contributed by atoms with E-state index >= 15 is 0 Å². The summed E-state index contributed by atoms with van der Waals surface area (Å²) in [5.74, 6) is -0.423. The van der Waals surface area contributed by atoms with E-state index in [0.29, 0.717) is 5.82 Å². The zero-order chi connectivity index (χ0) is 13.4. The molecule has 1 N–H and O–H groups in total. The van der Waals surface area contributed by atoms with E-state index in [1.165, 1.54) is 11.6 Å². The van der Waals surface area contributed by atoms with Crippen LogP contribution in [0.2, 0.25) is 5.15 Å². The lowest BCUT2D eigenvalue weighted by Crippen LogP contribution is -2.15. The average molecular weight is 275 g/mol. The molecule has 0 saturated carbocycles. The number of para-hydroxylation sites is 1. The highest BCUT2D eigenvalue weighted by Gasteiger charge is 2.22. The average Bonchev–Trinajstić information content (AvgIpc) is 2.81. The molecule has 0 radical (unpaired) electrons. The Bertz CT molecular complexity index is 658. The number of benzene rings is 1. The van der Waals surface area contributed by atoms with E-state index in [4.69, 9.17) is 16.7 Å². The Balaban J connectivity index is 2.07. The van der Waals surface area contributed by atoms with E-state index in [-0.39, 0.29) is 10.7 Å². The summed E-state index contributed by atoms with van der Waals surface area (Å²) in [4.78, 5) is 17.3. The van der Waals surface area contributed by atoms with E-state index < -0.39 is 5.97 Å². The van der Waals surface area contributed by atoms with Gasteiger partial charge in [0.15, 0.2) is 0 Å². The lowest BCUT2D eigenvalue weighted by atomic mass is 10.2. The second kappa shape index (κ2) is 4.55. The van der Waals surface area contributed by atoms with E-state index in [2.05, 4.69) is 11.1 Å². The van der Waals surface area contributed by atoms with Crippen LogP contribution in [0.3, 0.4) is 0 Å². The number of nitrogens with zero attached hydrogens (tertiary/aromatic N) is 2. The SMILES string of the molecule is O=C(O)c1cc(Cl)nc(N2CCc3ccccc32)c1. The first kappa shape index (κ1) is 12.0. The molecule has 0 bridgehead atoms. The first-order valence-corrected chi connectivity index (χ1v) is 6.29. The molecule has 0 aliphatic carbocycles. The van der Waals surface area contributed by atoms with Gasteiger partial charge in [0.25, 0.3) is 0 Å². The van der Waals surface area contributed by atoms with Crippen LogP contribution in [0.1, 0.15) is 15.9 Å². The molecule has 1 aromatic carbocycles. The van der Waals surface area contributed by atoms with Crippen molar-refractivity contribution >= 4 is 29.1 Å². The molecule has 0 atom stereocenters. The maximum Gasteiger partial charge on any atom is 0.335 e. The van der Waals surface area contributed by atoms with Crippen LogP contribution in [0.25, 0.3) is 0 Å². The van der Waals surface area contributed by atoms with Gasteiger partial charge in [0.05, 0.1) is 5.56 Å². The van der Waals surface area contributed by atoms with Crippen molar-refractivity contribution in [2.75, 3.05) is 11.4 Å². The zero-order valence-electron chi connectivity index (χ0n) is 10.0. The fourth-order valence-electron chi connectivity index (χ4n) is 2.32. The third kappa shape index (κ3) is 2.15. The molecule has 0 fully saturated rings. The van der Waals surface area contributed by atoms with Gasteiger partial charge in [0.2, 0.25) is 0 Å². The topological polar surface area (TPSA) is 53.4 Å². The number of hydrogen-bond acceptors (Lipinski definition) is 3. The molecule has 1 aliphatic rings. The van der Waals surface area contributed by atoms with Crippen molar-refractivity contribution < 1.29 is 9.90 Å². The minimum atomic E-state index is -1.00. The standard InChI is InChI=1S/C14H11ClN2O2/c15-12-7-10(14(18)19)8-13(16-12)17-6-5-9-3-1-2-4-11(9)17/h1-4,7-8H,5-6H2,(H,18,19). The predicted octanol–water partition coefficient (Wildman–Crippen LogP) is 3.13. The summed E-state index contributed by atoms with van der Waals surface area (Å²) < 4.78 is 0. The number of carboxylic acid groups (broad SMARTS) is 1. The van der Waals surface area contributed by atoms with Crippen LogP contribution in [0, 0.1) is 0 Å². The van der Waals surface area contributed by atoms with E-state index in [1.807, 2.05) is 23.1 Å². The Morgan fingerprint density at radius 1 is 1.32 bits per heavy atom. The summed E-state index contributed by atoms with van der Waals surface area (Å²) in [6.45, 7) is 0.783. The maximum absolute atomic E-state index is 11.1. The molecule has 0 saturated heterocycles. The quantitative estimate of drug-likeness (QED) is 0.855. The van der Waals surface area contributed by atoms with E-state index in [0.717, 1.165) is 18.7 Å². The summed E-state index contributed by atoms with van der Waals surface area (Å²) in [6.07, 6.45) is 0.923. The highest BCUT2D eigenvalue weighted by Crippen LogP contribution is 2.34. The summed E-state index contributed by atoms with van der Waals surface area (Å²) in [5.41, 5.74) is 2.45. The normalized spacial score (nSPS) is 13.4. The van der Waals surface area contributed by atoms with Crippen molar-refractivity contribution in [3.63, 3.8) is 0 Å². The largest absolute Gasteiger partial charge is 0.478 e. The van der Waals surface area contributed by atoms with Gasteiger partial charge >= 0.3 is 5.97 Å². The highest BCUT2D eigenvalue weighted by molar-refractivity contribution is 6.29. The number of halogens is 1. The second-order valence-corrected chi connectivity index (χ2v) is 4.76. The summed E-state index contributed by atoms with van der Waals surface area (Å²) >= 11 is 5.90. The number of rotatable bonds is 2. The number of aromatic nitrogens is 1. The van der Waals surface area contributed by atoms with Crippen LogP contribution < -0.4 is 4.90 Å². The Morgan fingerprint density at radius 3 is 2.89 bits per heavy atom. The monoisotopic (exact) mass is 274 g/mol. The van der Waals surface area contributed by atoms with Crippen LogP contribution in [-0.2, 0) is 6.42 Å². The molecule has 1 aromatic heterocycles. The van der Waals surface area contributed by atoms with Crippen molar-refractivity contribution in [3.8, 4) is 0 Å². The fraction of sp³-hybridized carbons (Fsp3) is 0.143. The second-order valence-electron chi connectivity index (χ2n) is 4.37. The molecule has 0 amide bonds. The smallest absolute Gasteiger partial charge is 0.335 e. The Kier molecular flexibility index (Phi) is 2.87. The summed E-state index contributed by atoms with van der Waals surface area (Å²) in [6, 6.07) is 10.9. The molecule has 1 aliphatic heterocycles. The number of carbonyl (C=O) groups is 1. The lowest BCUT2D eigenvalue weighted by molar-refractivity contribution is 0.0697. The predicted molar refractivity (Wildman–Crippen MR) is 73.4 cm³/mol. The molecule has 4 nitrogen and oxygen atoms in total. The highest BCUT2D eigenvalue weighted by atomic mass is 35.5. The van der Waals surface area contributed by atoms with Gasteiger partial charge in [-0.05, 0) is 30.2 Å². The van der Waals surface area contributed by atoms with Gasteiger partial charge < -0.3 is 10.0 Å². The number of anilines is 2. The van der Waals surface area contributed by atoms with E-state index in [1.54, 1.807) is 6.07 Å². The van der Waals surface area contributed by atoms with Crippen molar-refractivity contribution in [1.29, 1.82) is 0 Å². The molecule has 2 aromatic rings. The maximum atomic E-state index is 11.1. The van der Waals surface area contributed by atoms with Crippen LogP contribution >= 0.6 is 11.6 Å². The number of hydrogen-bond donors (Lipinski definition) is 1. The van der Waals surface area contributed by atoms with Crippen molar-refractivity contribution in [2.45, 2.75) is 6.42 Å². The molecule has 19 heavy (non-hydrogen) atoms. The van der Waals surface area contributed by atoms with Crippen LogP contribution in [0.15, 0.2) is 36.4 Å². The van der Waals surface area contributed by atoms with Crippen molar-refractivity contribution in [1.82, 2.24) is 4.98 Å².